The molecule has 3 heterocycles. The van der Waals surface area contributed by atoms with Crippen LogP contribution in [0.5, 0.6) is 0 Å². The maximum absolute atomic E-state index is 4.87. The number of aliphatic imine (C=N–C) groups is 1. The van der Waals surface area contributed by atoms with Crippen LogP contribution in [0.2, 0.25) is 0 Å². The lowest BCUT2D eigenvalue weighted by Crippen LogP contribution is -2.16. The minimum atomic E-state index is 0.742. The van der Waals surface area contributed by atoms with Crippen molar-refractivity contribution in [3.05, 3.63) is 41.7 Å². The van der Waals surface area contributed by atoms with E-state index in [0.29, 0.717) is 0 Å². The van der Waals surface area contributed by atoms with Gasteiger partial charge in [0, 0.05) is 37.3 Å². The molecule has 0 bridgehead atoms. The fourth-order valence-corrected chi connectivity index (χ4v) is 4.47. The first-order valence-corrected chi connectivity index (χ1v) is 9.77. The number of fused-ring (bicyclic) bond motifs is 1. The largest absolute Gasteiger partial charge is 0.361 e. The zero-order chi connectivity index (χ0) is 15.8. The molecule has 0 amide bonds. The number of hydrogen-bond donors (Lipinski definition) is 0. The number of aromatic nitrogens is 2. The molecule has 0 saturated carbocycles. The van der Waals surface area contributed by atoms with Crippen LogP contribution in [0.25, 0.3) is 0 Å². The van der Waals surface area contributed by atoms with Crippen LogP contribution < -0.4 is 4.90 Å². The zero-order valence-corrected chi connectivity index (χ0v) is 14.8. The summed E-state index contributed by atoms with van der Waals surface area (Å²) in [5.74, 6) is 4.99. The monoisotopic (exact) mass is 342 g/mol. The number of hydrogen-bond acceptors (Lipinski definition) is 6. The molecule has 4 rings (SSSR count). The number of anilines is 1. The normalized spacial score (nSPS) is 17.2. The molecule has 0 N–H and O–H groups in total. The van der Waals surface area contributed by atoms with Gasteiger partial charge in [0.25, 0.3) is 0 Å². The fraction of sp³-hybridized carbons (Fsp3) is 0.353. The van der Waals surface area contributed by atoms with Crippen LogP contribution in [0.3, 0.4) is 0 Å². The van der Waals surface area contributed by atoms with Crippen molar-refractivity contribution >= 4 is 40.7 Å². The van der Waals surface area contributed by atoms with Crippen molar-refractivity contribution in [2.75, 3.05) is 36.3 Å². The van der Waals surface area contributed by atoms with Crippen molar-refractivity contribution in [3.63, 3.8) is 0 Å². The van der Waals surface area contributed by atoms with Gasteiger partial charge in [0.2, 0.25) is 0 Å². The third-order valence-electron chi connectivity index (χ3n) is 4.14. The molecule has 2 aromatic rings. The quantitative estimate of drug-likeness (QED) is 0.797. The Hall–Kier alpha value is -1.53. The lowest BCUT2D eigenvalue weighted by Gasteiger charge is -2.25. The summed E-state index contributed by atoms with van der Waals surface area (Å²) in [6.45, 7) is 0. The van der Waals surface area contributed by atoms with Crippen molar-refractivity contribution in [1.82, 2.24) is 9.97 Å². The van der Waals surface area contributed by atoms with E-state index < -0.39 is 0 Å². The molecule has 2 aliphatic heterocycles. The number of benzene rings is 1. The highest BCUT2D eigenvalue weighted by atomic mass is 32.2. The average Bonchev–Trinajstić information content (AvgIpc) is 2.53. The molecule has 0 aliphatic carbocycles. The summed E-state index contributed by atoms with van der Waals surface area (Å²) >= 11 is 3.76. The third-order valence-corrected chi connectivity index (χ3v) is 6.40. The summed E-state index contributed by atoms with van der Waals surface area (Å²) in [6.07, 6.45) is 1.62. The maximum Gasteiger partial charge on any atom is 0.158 e. The summed E-state index contributed by atoms with van der Waals surface area (Å²) in [7, 11) is 3.98. The van der Waals surface area contributed by atoms with E-state index in [4.69, 9.17) is 4.99 Å². The second-order valence-electron chi connectivity index (χ2n) is 5.95. The molecule has 4 nitrogen and oxygen atoms in total. The van der Waals surface area contributed by atoms with Gasteiger partial charge in [-0.05, 0) is 11.1 Å². The second kappa shape index (κ2) is 6.17. The van der Waals surface area contributed by atoms with Crippen LogP contribution in [0.15, 0.2) is 40.6 Å². The Kier molecular flexibility index (Phi) is 4.03. The molecule has 1 saturated heterocycles. The van der Waals surface area contributed by atoms with Gasteiger partial charge in [0.05, 0.1) is 5.71 Å². The van der Waals surface area contributed by atoms with Gasteiger partial charge in [-0.1, -0.05) is 36.0 Å². The Morgan fingerprint density at radius 3 is 2.52 bits per heavy atom. The highest BCUT2D eigenvalue weighted by Gasteiger charge is 2.22. The predicted molar refractivity (Wildman–Crippen MR) is 99.8 cm³/mol. The van der Waals surface area contributed by atoms with Gasteiger partial charge in [0.1, 0.15) is 17.0 Å². The molecule has 1 aromatic carbocycles. The van der Waals surface area contributed by atoms with E-state index in [1.807, 2.05) is 30.8 Å². The summed E-state index contributed by atoms with van der Waals surface area (Å²) < 4.78 is 0. The van der Waals surface area contributed by atoms with E-state index in [1.165, 1.54) is 22.6 Å². The molecule has 0 spiro atoms. The summed E-state index contributed by atoms with van der Waals surface area (Å²) in [4.78, 5) is 15.6. The van der Waals surface area contributed by atoms with Gasteiger partial charge in [-0.25, -0.2) is 15.0 Å². The van der Waals surface area contributed by atoms with Gasteiger partial charge < -0.3 is 4.90 Å². The van der Waals surface area contributed by atoms with E-state index in [0.717, 1.165) is 33.9 Å². The second-order valence-corrected chi connectivity index (χ2v) is 7.99. The van der Waals surface area contributed by atoms with E-state index in [9.17, 15) is 0 Å². The van der Waals surface area contributed by atoms with E-state index in [1.54, 1.807) is 18.1 Å². The highest BCUT2D eigenvalue weighted by Crippen LogP contribution is 2.39. The molecule has 0 radical (unpaired) electrons. The van der Waals surface area contributed by atoms with Crippen molar-refractivity contribution in [3.8, 4) is 0 Å². The van der Waals surface area contributed by atoms with E-state index in [-0.39, 0.29) is 0 Å². The standard InChI is InChI=1S/C17H18N4S2/c1-21(2)16-15-17(19-10-18-16)23-9-14(20-15)12-5-3-11(4-6-12)13-7-22-8-13/h3-6,10,13H,7-9H2,1-2H3. The molecule has 118 valence electrons. The molecule has 2 aliphatic rings. The van der Waals surface area contributed by atoms with Crippen LogP contribution in [0.4, 0.5) is 11.5 Å². The van der Waals surface area contributed by atoms with Crippen molar-refractivity contribution in [2.45, 2.75) is 10.9 Å². The average molecular weight is 342 g/mol. The Morgan fingerprint density at radius 1 is 1.09 bits per heavy atom. The minimum absolute atomic E-state index is 0.742. The Morgan fingerprint density at radius 2 is 1.87 bits per heavy atom. The third kappa shape index (κ3) is 2.85. The SMILES string of the molecule is CN(C)c1ncnc2c1N=C(c1ccc(C3CSC3)cc1)CS2. The van der Waals surface area contributed by atoms with Crippen LogP contribution in [-0.2, 0) is 0 Å². The first-order valence-electron chi connectivity index (χ1n) is 7.63. The molecular formula is C17H18N4S2. The summed E-state index contributed by atoms with van der Waals surface area (Å²) in [5.41, 5.74) is 4.65. The number of thioether (sulfide) groups is 2. The summed E-state index contributed by atoms with van der Waals surface area (Å²) in [6, 6.07) is 8.94. The predicted octanol–water partition coefficient (Wildman–Crippen LogP) is 3.60. The molecular weight excluding hydrogens is 324 g/mol. The Balaban J connectivity index is 1.67. The molecule has 0 atom stereocenters. The molecule has 0 unspecified atom stereocenters. The lowest BCUT2D eigenvalue weighted by molar-refractivity contribution is 0.850. The summed E-state index contributed by atoms with van der Waals surface area (Å²) in [5, 5.41) is 0.968. The molecule has 1 aromatic heterocycles. The zero-order valence-electron chi connectivity index (χ0n) is 13.2. The van der Waals surface area contributed by atoms with Gasteiger partial charge in [0.15, 0.2) is 5.82 Å². The van der Waals surface area contributed by atoms with Crippen molar-refractivity contribution < 1.29 is 0 Å². The van der Waals surface area contributed by atoms with Crippen molar-refractivity contribution in [2.24, 2.45) is 4.99 Å². The fourth-order valence-electron chi connectivity index (χ4n) is 2.71. The molecule has 1 fully saturated rings. The van der Waals surface area contributed by atoms with Crippen LogP contribution in [-0.4, -0.2) is 47.0 Å². The van der Waals surface area contributed by atoms with Crippen LogP contribution >= 0.6 is 23.5 Å². The lowest BCUT2D eigenvalue weighted by atomic mass is 9.99. The minimum Gasteiger partial charge on any atom is -0.361 e. The van der Waals surface area contributed by atoms with Gasteiger partial charge in [-0.15, -0.1) is 0 Å². The number of nitrogens with zero attached hydrogens (tertiary/aromatic N) is 4. The van der Waals surface area contributed by atoms with Crippen LogP contribution in [0, 0.1) is 0 Å². The van der Waals surface area contributed by atoms with E-state index >= 15 is 0 Å². The first kappa shape index (κ1) is 15.0. The van der Waals surface area contributed by atoms with Gasteiger partial charge >= 0.3 is 0 Å². The highest BCUT2D eigenvalue weighted by molar-refractivity contribution is 8.00. The number of rotatable bonds is 3. The van der Waals surface area contributed by atoms with Gasteiger partial charge in [-0.3, -0.25) is 0 Å². The topological polar surface area (TPSA) is 41.4 Å². The van der Waals surface area contributed by atoms with E-state index in [2.05, 4.69) is 34.2 Å². The van der Waals surface area contributed by atoms with Gasteiger partial charge in [-0.2, -0.15) is 11.8 Å². The van der Waals surface area contributed by atoms with Crippen LogP contribution in [0.1, 0.15) is 17.0 Å². The smallest absolute Gasteiger partial charge is 0.158 e. The van der Waals surface area contributed by atoms with Crippen molar-refractivity contribution in [1.29, 1.82) is 0 Å². The first-order chi connectivity index (χ1) is 11.2. The molecule has 23 heavy (non-hydrogen) atoms. The Labute approximate surface area is 144 Å². The maximum atomic E-state index is 4.87. The molecule has 6 heteroatoms. The Bertz CT molecular complexity index is 752.